The lowest BCUT2D eigenvalue weighted by atomic mass is 9.93. The lowest BCUT2D eigenvalue weighted by Gasteiger charge is -2.34. The minimum Gasteiger partial charge on any atom is -0.313 e. The van der Waals surface area contributed by atoms with Crippen molar-refractivity contribution in [3.63, 3.8) is 0 Å². The Morgan fingerprint density at radius 1 is 0.909 bits per heavy atom. The number of hydroxylamine groups is 2. The maximum absolute atomic E-state index is 10.8. The van der Waals surface area contributed by atoms with Crippen LogP contribution in [0.4, 0.5) is 0 Å². The number of rotatable bonds is 6. The molecule has 0 aliphatic rings. The molecular weight excluding hydrogens is 294 g/mol. The van der Waals surface area contributed by atoms with E-state index in [-0.39, 0.29) is 12.1 Å². The quantitative estimate of drug-likeness (QED) is 0.555. The SMILES string of the molecule is CC(C)C(c1ccccc1)N(O)C(C)c1ccc(CCl)cc1. The zero-order valence-corrected chi connectivity index (χ0v) is 14.2. The number of alkyl halides is 1. The summed E-state index contributed by atoms with van der Waals surface area (Å²) in [5.74, 6) is 0.813. The molecule has 2 atom stereocenters. The van der Waals surface area contributed by atoms with E-state index in [9.17, 15) is 5.21 Å². The molecule has 2 nitrogen and oxygen atoms in total. The molecular formula is C19H24ClNO. The molecule has 0 aliphatic carbocycles. The molecule has 1 N–H and O–H groups in total. The monoisotopic (exact) mass is 317 g/mol. The summed E-state index contributed by atoms with van der Waals surface area (Å²) in [6.45, 7) is 6.28. The van der Waals surface area contributed by atoms with Crippen molar-refractivity contribution in [1.29, 1.82) is 0 Å². The van der Waals surface area contributed by atoms with Gasteiger partial charge in [-0.2, -0.15) is 5.06 Å². The van der Waals surface area contributed by atoms with E-state index in [0.717, 1.165) is 16.7 Å². The molecule has 0 fully saturated rings. The Morgan fingerprint density at radius 3 is 2.00 bits per heavy atom. The van der Waals surface area contributed by atoms with Gasteiger partial charge in [-0.15, -0.1) is 11.6 Å². The normalized spacial score (nSPS) is 14.3. The third-order valence-electron chi connectivity index (χ3n) is 4.07. The number of benzene rings is 2. The van der Waals surface area contributed by atoms with E-state index in [1.807, 2.05) is 49.4 Å². The minimum absolute atomic E-state index is 0.0381. The third kappa shape index (κ3) is 3.89. The Morgan fingerprint density at radius 2 is 1.50 bits per heavy atom. The molecule has 22 heavy (non-hydrogen) atoms. The van der Waals surface area contributed by atoms with Crippen LogP contribution in [0.25, 0.3) is 0 Å². The summed E-state index contributed by atoms with van der Waals surface area (Å²) in [5, 5.41) is 12.3. The van der Waals surface area contributed by atoms with Crippen LogP contribution in [0, 0.1) is 5.92 Å². The average molecular weight is 318 g/mol. The Balaban J connectivity index is 2.24. The molecule has 2 rings (SSSR count). The van der Waals surface area contributed by atoms with Crippen molar-refractivity contribution in [3.8, 4) is 0 Å². The summed E-state index contributed by atoms with van der Waals surface area (Å²) in [6, 6.07) is 18.1. The molecule has 118 valence electrons. The van der Waals surface area contributed by atoms with Gasteiger partial charge in [0, 0.05) is 5.88 Å². The second-order valence-corrected chi connectivity index (χ2v) is 6.30. The van der Waals surface area contributed by atoms with Crippen LogP contribution < -0.4 is 0 Å². The summed E-state index contributed by atoms with van der Waals surface area (Å²) in [7, 11) is 0. The number of hydrogen-bond acceptors (Lipinski definition) is 2. The Bertz CT molecular complexity index is 568. The molecule has 2 aromatic rings. The van der Waals surface area contributed by atoms with Crippen LogP contribution >= 0.6 is 11.6 Å². The Labute approximate surface area is 138 Å². The average Bonchev–Trinajstić information content (AvgIpc) is 2.55. The Hall–Kier alpha value is -1.35. The van der Waals surface area contributed by atoms with Crippen LogP contribution in [-0.4, -0.2) is 10.3 Å². The van der Waals surface area contributed by atoms with Gasteiger partial charge in [-0.25, -0.2) is 0 Å². The van der Waals surface area contributed by atoms with E-state index in [2.05, 4.69) is 26.0 Å². The fourth-order valence-electron chi connectivity index (χ4n) is 2.77. The van der Waals surface area contributed by atoms with Crippen molar-refractivity contribution >= 4 is 11.6 Å². The Kier molecular flexibility index (Phi) is 6.01. The summed E-state index contributed by atoms with van der Waals surface area (Å²) in [5.41, 5.74) is 3.30. The second-order valence-electron chi connectivity index (χ2n) is 6.03. The zero-order valence-electron chi connectivity index (χ0n) is 13.4. The van der Waals surface area contributed by atoms with E-state index in [1.165, 1.54) is 5.06 Å². The lowest BCUT2D eigenvalue weighted by Crippen LogP contribution is -2.31. The van der Waals surface area contributed by atoms with Crippen molar-refractivity contribution in [2.24, 2.45) is 5.92 Å². The van der Waals surface area contributed by atoms with E-state index in [1.54, 1.807) is 0 Å². The molecule has 3 heteroatoms. The molecule has 0 heterocycles. The van der Waals surface area contributed by atoms with Crippen LogP contribution in [0.2, 0.25) is 0 Å². The lowest BCUT2D eigenvalue weighted by molar-refractivity contribution is -0.170. The van der Waals surface area contributed by atoms with Crippen LogP contribution in [0.1, 0.15) is 49.5 Å². The van der Waals surface area contributed by atoms with Crippen molar-refractivity contribution < 1.29 is 5.21 Å². The van der Waals surface area contributed by atoms with Gasteiger partial charge in [0.1, 0.15) is 0 Å². The summed E-state index contributed by atoms with van der Waals surface area (Å²) in [6.07, 6.45) is 0. The van der Waals surface area contributed by atoms with Crippen LogP contribution in [0.5, 0.6) is 0 Å². The number of halogens is 1. The van der Waals surface area contributed by atoms with E-state index in [0.29, 0.717) is 11.8 Å². The molecule has 2 aromatic carbocycles. The fraction of sp³-hybridized carbons (Fsp3) is 0.368. The smallest absolute Gasteiger partial charge is 0.0629 e. The highest BCUT2D eigenvalue weighted by molar-refractivity contribution is 6.17. The van der Waals surface area contributed by atoms with Gasteiger partial charge in [0.05, 0.1) is 12.1 Å². The highest BCUT2D eigenvalue weighted by atomic mass is 35.5. The highest BCUT2D eigenvalue weighted by Crippen LogP contribution is 2.33. The van der Waals surface area contributed by atoms with E-state index >= 15 is 0 Å². The third-order valence-corrected chi connectivity index (χ3v) is 4.38. The van der Waals surface area contributed by atoms with Crippen molar-refractivity contribution in [2.45, 2.75) is 38.7 Å². The maximum Gasteiger partial charge on any atom is 0.0629 e. The topological polar surface area (TPSA) is 23.5 Å². The minimum atomic E-state index is -0.0861. The van der Waals surface area contributed by atoms with Gasteiger partial charge in [-0.1, -0.05) is 68.4 Å². The van der Waals surface area contributed by atoms with Crippen LogP contribution in [-0.2, 0) is 5.88 Å². The van der Waals surface area contributed by atoms with Gasteiger partial charge in [-0.3, -0.25) is 0 Å². The highest BCUT2D eigenvalue weighted by Gasteiger charge is 2.27. The molecule has 0 saturated heterocycles. The predicted octanol–water partition coefficient (Wildman–Crippen LogP) is 5.57. The van der Waals surface area contributed by atoms with E-state index in [4.69, 9.17) is 11.6 Å². The summed E-state index contributed by atoms with van der Waals surface area (Å²) < 4.78 is 0. The maximum atomic E-state index is 10.8. The van der Waals surface area contributed by atoms with Gasteiger partial charge in [0.15, 0.2) is 0 Å². The molecule has 0 aromatic heterocycles. The molecule has 0 amide bonds. The fourth-order valence-corrected chi connectivity index (χ4v) is 2.95. The summed E-state index contributed by atoms with van der Waals surface area (Å²) >= 11 is 5.83. The molecule has 0 radical (unpaired) electrons. The number of hydrogen-bond donors (Lipinski definition) is 1. The van der Waals surface area contributed by atoms with Crippen molar-refractivity contribution in [3.05, 3.63) is 71.3 Å². The largest absolute Gasteiger partial charge is 0.313 e. The van der Waals surface area contributed by atoms with E-state index < -0.39 is 0 Å². The van der Waals surface area contributed by atoms with Crippen molar-refractivity contribution in [1.82, 2.24) is 5.06 Å². The zero-order chi connectivity index (χ0) is 16.1. The molecule has 0 bridgehead atoms. The van der Waals surface area contributed by atoms with Gasteiger partial charge in [0.25, 0.3) is 0 Å². The molecule has 0 saturated carbocycles. The van der Waals surface area contributed by atoms with Gasteiger partial charge in [0.2, 0.25) is 0 Å². The first-order valence-corrected chi connectivity index (χ1v) is 8.25. The predicted molar refractivity (Wildman–Crippen MR) is 92.1 cm³/mol. The first kappa shape index (κ1) is 17.0. The standard InChI is InChI=1S/C19H24ClNO/c1-14(2)19(18-7-5-4-6-8-18)21(22)15(3)17-11-9-16(13-20)10-12-17/h4-12,14-15,19,22H,13H2,1-3H3. The van der Waals surface area contributed by atoms with Gasteiger partial charge < -0.3 is 5.21 Å². The number of nitrogens with zero attached hydrogens (tertiary/aromatic N) is 1. The second kappa shape index (κ2) is 7.77. The molecule has 0 spiro atoms. The van der Waals surface area contributed by atoms with Crippen LogP contribution in [0.3, 0.4) is 0 Å². The van der Waals surface area contributed by atoms with Crippen LogP contribution in [0.15, 0.2) is 54.6 Å². The first-order chi connectivity index (χ1) is 10.5. The first-order valence-electron chi connectivity index (χ1n) is 7.71. The van der Waals surface area contributed by atoms with Crippen molar-refractivity contribution in [2.75, 3.05) is 0 Å². The van der Waals surface area contributed by atoms with Gasteiger partial charge >= 0.3 is 0 Å². The van der Waals surface area contributed by atoms with Gasteiger partial charge in [-0.05, 0) is 29.5 Å². The molecule has 2 unspecified atom stereocenters. The molecule has 0 aliphatic heterocycles. The summed E-state index contributed by atoms with van der Waals surface area (Å²) in [4.78, 5) is 0.